The number of methoxy groups -OCH3 is 2. The number of hydrogen-bond acceptors (Lipinski definition) is 6. The third-order valence-corrected chi connectivity index (χ3v) is 3.41. The lowest BCUT2D eigenvalue weighted by Crippen LogP contribution is -2.37. The van der Waals surface area contributed by atoms with Gasteiger partial charge in [-0.05, 0) is 0 Å². The summed E-state index contributed by atoms with van der Waals surface area (Å²) in [6.45, 7) is 0.169. The summed E-state index contributed by atoms with van der Waals surface area (Å²) < 4.78 is 36.0. The maximum Gasteiger partial charge on any atom is 0.472 e. The fourth-order valence-corrected chi connectivity index (χ4v) is 2.30. The molecule has 1 rings (SSSR count). The molecule has 0 aromatic carbocycles. The molecule has 0 aromatic rings. The van der Waals surface area contributed by atoms with Crippen molar-refractivity contribution < 1.29 is 32.7 Å². The van der Waals surface area contributed by atoms with Crippen molar-refractivity contribution in [2.75, 3.05) is 27.9 Å². The van der Waals surface area contributed by atoms with Crippen molar-refractivity contribution in [3.05, 3.63) is 0 Å². The zero-order valence-corrected chi connectivity index (χ0v) is 10.8. The van der Waals surface area contributed by atoms with E-state index in [0.29, 0.717) is 0 Å². The highest BCUT2D eigenvalue weighted by molar-refractivity contribution is 7.47. The van der Waals surface area contributed by atoms with E-state index in [2.05, 4.69) is 4.52 Å². The number of phosphoric acid groups is 1. The van der Waals surface area contributed by atoms with Gasteiger partial charge in [-0.1, -0.05) is 0 Å². The van der Waals surface area contributed by atoms with E-state index >= 15 is 0 Å². The highest BCUT2D eigenvalue weighted by Crippen LogP contribution is 2.46. The van der Waals surface area contributed by atoms with E-state index in [1.165, 1.54) is 14.2 Å². The Morgan fingerprint density at radius 1 is 1.35 bits per heavy atom. The predicted octanol–water partition coefficient (Wildman–Crippen LogP) is -0.327. The summed E-state index contributed by atoms with van der Waals surface area (Å²) in [5, 5.41) is 0. The molecule has 1 fully saturated rings. The summed E-state index contributed by atoms with van der Waals surface area (Å²) in [6, 6.07) is -0.748. The fourth-order valence-electron chi connectivity index (χ4n) is 1.65. The minimum atomic E-state index is -4.13. The Bertz CT molecular complexity index is 289. The first-order valence-corrected chi connectivity index (χ1v) is 6.44. The Morgan fingerprint density at radius 3 is 2.47 bits per heavy atom. The van der Waals surface area contributed by atoms with Crippen LogP contribution in [0, 0.1) is 0 Å². The summed E-state index contributed by atoms with van der Waals surface area (Å²) in [5.74, 6) is 0. The summed E-state index contributed by atoms with van der Waals surface area (Å²) in [6.07, 6.45) is -2.08. The van der Waals surface area contributed by atoms with Crippen molar-refractivity contribution >= 4 is 15.7 Å². The average molecular weight is 266 g/mol. The lowest BCUT2D eigenvalue weighted by Gasteiger charge is -2.23. The van der Waals surface area contributed by atoms with Crippen molar-refractivity contribution in [2.45, 2.75) is 24.3 Å². The molecule has 0 amide bonds. The first-order valence-electron chi connectivity index (χ1n) is 4.95. The van der Waals surface area contributed by atoms with Crippen LogP contribution in [0.3, 0.4) is 0 Å². The standard InChI is InChI=1S/C8H16BO7P/c1-12-4-5-6(16-17(10,11)14-3)7(13-2)8(9)15-5/h5-8H,4H2,1-3H3,(H,10,11)/t5-,6?,7+,8-/m1/s1. The van der Waals surface area contributed by atoms with Crippen LogP contribution in [0.15, 0.2) is 0 Å². The SMILES string of the molecule is [B][C@@H]1O[C@H](COC)C(OP(=O)(O)OC)[C@@H]1OC. The van der Waals surface area contributed by atoms with E-state index in [1.54, 1.807) is 0 Å². The summed E-state index contributed by atoms with van der Waals surface area (Å²) in [7, 11) is 5.49. The van der Waals surface area contributed by atoms with Crippen LogP contribution in [0.2, 0.25) is 0 Å². The molecule has 0 spiro atoms. The van der Waals surface area contributed by atoms with Crippen LogP contribution in [-0.2, 0) is 27.8 Å². The number of phosphoric ester groups is 1. The van der Waals surface area contributed by atoms with Gasteiger partial charge in [-0.2, -0.15) is 0 Å². The zero-order chi connectivity index (χ0) is 13.1. The smallest absolute Gasteiger partial charge is 0.382 e. The summed E-state index contributed by atoms with van der Waals surface area (Å²) >= 11 is 0. The number of hydrogen-bond donors (Lipinski definition) is 1. The van der Waals surface area contributed by atoms with Crippen LogP contribution in [0.1, 0.15) is 0 Å². The van der Waals surface area contributed by atoms with Gasteiger partial charge in [-0.25, -0.2) is 4.57 Å². The summed E-state index contributed by atoms with van der Waals surface area (Å²) in [4.78, 5) is 9.29. The third-order valence-electron chi connectivity index (χ3n) is 2.43. The van der Waals surface area contributed by atoms with Crippen LogP contribution in [0.5, 0.6) is 0 Å². The monoisotopic (exact) mass is 266 g/mol. The molecule has 0 aliphatic carbocycles. The van der Waals surface area contributed by atoms with E-state index in [0.717, 1.165) is 7.11 Å². The molecule has 1 aliphatic heterocycles. The van der Waals surface area contributed by atoms with E-state index < -0.39 is 32.1 Å². The van der Waals surface area contributed by atoms with E-state index in [9.17, 15) is 9.46 Å². The van der Waals surface area contributed by atoms with Crippen molar-refractivity contribution in [1.82, 2.24) is 0 Å². The molecule has 0 aromatic heterocycles. The number of ether oxygens (including phenoxy) is 3. The van der Waals surface area contributed by atoms with Crippen LogP contribution in [0.25, 0.3) is 0 Å². The van der Waals surface area contributed by atoms with Gasteiger partial charge in [-0.3, -0.25) is 9.05 Å². The molecule has 98 valence electrons. The van der Waals surface area contributed by atoms with Gasteiger partial charge in [-0.15, -0.1) is 0 Å². The second-order valence-corrected chi connectivity index (χ2v) is 5.03. The van der Waals surface area contributed by atoms with Crippen LogP contribution < -0.4 is 0 Å². The van der Waals surface area contributed by atoms with Crippen molar-refractivity contribution in [3.8, 4) is 0 Å². The molecule has 2 radical (unpaired) electrons. The molecule has 2 unspecified atom stereocenters. The van der Waals surface area contributed by atoms with Gasteiger partial charge >= 0.3 is 7.82 Å². The minimum absolute atomic E-state index is 0.169. The molecule has 1 heterocycles. The second-order valence-electron chi connectivity index (χ2n) is 3.52. The molecular weight excluding hydrogens is 250 g/mol. The maximum absolute atomic E-state index is 11.4. The Morgan fingerprint density at radius 2 is 2.00 bits per heavy atom. The minimum Gasteiger partial charge on any atom is -0.382 e. The van der Waals surface area contributed by atoms with E-state index in [1.807, 2.05) is 0 Å². The van der Waals surface area contributed by atoms with Gasteiger partial charge in [0.05, 0.1) is 6.61 Å². The van der Waals surface area contributed by atoms with E-state index in [4.69, 9.17) is 26.6 Å². The largest absolute Gasteiger partial charge is 0.472 e. The van der Waals surface area contributed by atoms with Crippen molar-refractivity contribution in [3.63, 3.8) is 0 Å². The Kier molecular flexibility index (Phi) is 5.59. The highest BCUT2D eigenvalue weighted by atomic mass is 31.2. The van der Waals surface area contributed by atoms with Gasteiger partial charge < -0.3 is 19.1 Å². The maximum atomic E-state index is 11.4. The molecule has 17 heavy (non-hydrogen) atoms. The lowest BCUT2D eigenvalue weighted by molar-refractivity contribution is -0.0257. The van der Waals surface area contributed by atoms with Gasteiger partial charge in [0.2, 0.25) is 0 Å². The van der Waals surface area contributed by atoms with Crippen LogP contribution in [-0.4, -0.2) is 65.0 Å². The molecule has 1 N–H and O–H groups in total. The Labute approximate surface area is 101 Å². The lowest BCUT2D eigenvalue weighted by atomic mass is 9.93. The predicted molar refractivity (Wildman–Crippen MR) is 58.8 cm³/mol. The molecule has 1 saturated heterocycles. The quantitative estimate of drug-likeness (QED) is 0.520. The second kappa shape index (κ2) is 6.29. The Hall–Kier alpha value is 0.0549. The number of rotatable bonds is 6. The topological polar surface area (TPSA) is 83.5 Å². The molecule has 0 bridgehead atoms. The first kappa shape index (κ1) is 15.1. The average Bonchev–Trinajstić information content (AvgIpc) is 2.55. The van der Waals surface area contributed by atoms with Gasteiger partial charge in [0.1, 0.15) is 26.2 Å². The van der Waals surface area contributed by atoms with Gasteiger partial charge in [0.15, 0.2) is 0 Å². The highest BCUT2D eigenvalue weighted by Gasteiger charge is 2.46. The third kappa shape index (κ3) is 3.76. The van der Waals surface area contributed by atoms with Crippen LogP contribution >= 0.6 is 7.82 Å². The van der Waals surface area contributed by atoms with Crippen molar-refractivity contribution in [2.24, 2.45) is 0 Å². The molecule has 5 atom stereocenters. The summed E-state index contributed by atoms with van der Waals surface area (Å²) in [5.41, 5.74) is 0. The molecular formula is C8H16BO7P. The van der Waals surface area contributed by atoms with Gasteiger partial charge in [0, 0.05) is 27.3 Å². The van der Waals surface area contributed by atoms with Gasteiger partial charge in [0.25, 0.3) is 0 Å². The molecule has 7 nitrogen and oxygen atoms in total. The first-order chi connectivity index (χ1) is 7.95. The normalized spacial score (nSPS) is 36.9. The zero-order valence-electron chi connectivity index (χ0n) is 9.94. The molecule has 0 saturated carbocycles. The van der Waals surface area contributed by atoms with Crippen LogP contribution in [0.4, 0.5) is 0 Å². The fraction of sp³-hybridized carbons (Fsp3) is 1.00. The van der Waals surface area contributed by atoms with E-state index in [-0.39, 0.29) is 6.61 Å². The molecule has 1 aliphatic rings. The Balaban J connectivity index is 2.77. The molecule has 9 heteroatoms. The van der Waals surface area contributed by atoms with Crippen molar-refractivity contribution in [1.29, 1.82) is 0 Å².